The van der Waals surface area contributed by atoms with E-state index >= 15 is 0 Å². The summed E-state index contributed by atoms with van der Waals surface area (Å²) in [5.74, 6) is 2.31. The van der Waals surface area contributed by atoms with Crippen LogP contribution in [0.4, 0.5) is 0 Å². The van der Waals surface area contributed by atoms with Gasteiger partial charge in [0.25, 0.3) is 0 Å². The average molecular weight is 307 g/mol. The first kappa shape index (κ1) is 17.1. The molecule has 1 aromatic carbocycles. The minimum absolute atomic E-state index is 0.240. The second-order valence-corrected chi connectivity index (χ2v) is 6.94. The number of nitrogens with one attached hydrogen (secondary N) is 3. The molecule has 0 aliphatic carbocycles. The van der Waals surface area contributed by atoms with E-state index in [2.05, 4.69) is 36.9 Å². The third-order valence-corrected chi connectivity index (χ3v) is 4.24. The van der Waals surface area contributed by atoms with E-state index in [0.29, 0.717) is 12.0 Å². The van der Waals surface area contributed by atoms with Crippen molar-refractivity contribution in [3.05, 3.63) is 23.8 Å². The molecule has 1 heterocycles. The molecule has 0 amide bonds. The van der Waals surface area contributed by atoms with Crippen LogP contribution >= 0.6 is 0 Å². The summed E-state index contributed by atoms with van der Waals surface area (Å²) in [6, 6.07) is 6.36. The summed E-state index contributed by atoms with van der Waals surface area (Å²) in [6.45, 7) is 9.54. The van der Waals surface area contributed by atoms with Crippen LogP contribution in [0.2, 0.25) is 0 Å². The fourth-order valence-corrected chi connectivity index (χ4v) is 3.06. The van der Waals surface area contributed by atoms with E-state index < -0.39 is 0 Å². The van der Waals surface area contributed by atoms with E-state index in [1.54, 1.807) is 14.2 Å². The van der Waals surface area contributed by atoms with Crippen LogP contribution in [-0.4, -0.2) is 33.4 Å². The van der Waals surface area contributed by atoms with E-state index in [9.17, 15) is 0 Å². The van der Waals surface area contributed by atoms with Crippen molar-refractivity contribution in [1.29, 1.82) is 0 Å². The molecule has 1 aromatic rings. The van der Waals surface area contributed by atoms with Crippen molar-refractivity contribution in [3.8, 4) is 11.5 Å². The molecule has 1 aliphatic heterocycles. The van der Waals surface area contributed by atoms with Crippen LogP contribution in [0.3, 0.4) is 0 Å². The van der Waals surface area contributed by atoms with Gasteiger partial charge in [0.15, 0.2) is 0 Å². The molecule has 1 saturated heterocycles. The highest BCUT2D eigenvalue weighted by Crippen LogP contribution is 2.27. The van der Waals surface area contributed by atoms with Gasteiger partial charge < -0.3 is 14.8 Å². The highest BCUT2D eigenvalue weighted by Gasteiger charge is 2.35. The minimum atomic E-state index is 0.240. The van der Waals surface area contributed by atoms with Crippen LogP contribution < -0.4 is 25.6 Å². The van der Waals surface area contributed by atoms with E-state index in [-0.39, 0.29) is 5.41 Å². The second-order valence-electron chi connectivity index (χ2n) is 6.94. The molecule has 5 heteroatoms. The molecule has 5 nitrogen and oxygen atoms in total. The Morgan fingerprint density at radius 3 is 2.64 bits per heavy atom. The Labute approximate surface area is 133 Å². The molecule has 0 spiro atoms. The van der Waals surface area contributed by atoms with Crippen LogP contribution in [0.25, 0.3) is 0 Å². The van der Waals surface area contributed by atoms with Crippen molar-refractivity contribution in [2.75, 3.05) is 27.3 Å². The van der Waals surface area contributed by atoms with Gasteiger partial charge in [0.1, 0.15) is 11.5 Å². The molecule has 0 radical (unpaired) electrons. The Morgan fingerprint density at radius 1 is 1.23 bits per heavy atom. The second kappa shape index (κ2) is 7.31. The number of hydrogen-bond donors (Lipinski definition) is 3. The third kappa shape index (κ3) is 4.12. The smallest absolute Gasteiger partial charge is 0.123 e. The van der Waals surface area contributed by atoms with Gasteiger partial charge in [-0.3, -0.25) is 10.9 Å². The normalized spacial score (nSPS) is 21.9. The monoisotopic (exact) mass is 307 g/mol. The maximum absolute atomic E-state index is 5.42. The molecule has 0 saturated carbocycles. The number of rotatable bonds is 6. The molecule has 22 heavy (non-hydrogen) atoms. The first-order valence-corrected chi connectivity index (χ1v) is 7.85. The van der Waals surface area contributed by atoms with E-state index in [1.165, 1.54) is 0 Å². The Bertz CT molecular complexity index is 485. The maximum atomic E-state index is 5.42. The highest BCUT2D eigenvalue weighted by molar-refractivity contribution is 5.40. The summed E-state index contributed by atoms with van der Waals surface area (Å²) >= 11 is 0. The third-order valence-electron chi connectivity index (χ3n) is 4.24. The Morgan fingerprint density at radius 2 is 2.00 bits per heavy atom. The largest absolute Gasteiger partial charge is 0.497 e. The highest BCUT2D eigenvalue weighted by atomic mass is 16.5. The standard InChI is InChI=1S/C17H29N3O2/c1-17(2,3)16-13(11-19-20-16)10-18-9-12-8-14(21-4)6-7-15(12)22-5/h6-8,13,16,18-20H,9-11H2,1-5H3. The molecule has 3 N–H and O–H groups in total. The fraction of sp³-hybridized carbons (Fsp3) is 0.647. The molecule has 1 fully saturated rings. The van der Waals surface area contributed by atoms with Crippen molar-refractivity contribution in [2.24, 2.45) is 11.3 Å². The number of methoxy groups -OCH3 is 2. The van der Waals surface area contributed by atoms with Crippen molar-refractivity contribution in [3.63, 3.8) is 0 Å². The van der Waals surface area contributed by atoms with Crippen LogP contribution in [0.15, 0.2) is 18.2 Å². The Kier molecular flexibility index (Phi) is 5.67. The van der Waals surface area contributed by atoms with E-state index in [4.69, 9.17) is 9.47 Å². The number of hydrogen-bond acceptors (Lipinski definition) is 5. The first-order valence-electron chi connectivity index (χ1n) is 7.85. The van der Waals surface area contributed by atoms with Gasteiger partial charge in [-0.1, -0.05) is 20.8 Å². The SMILES string of the molecule is COc1ccc(OC)c(CNCC2CNNC2C(C)(C)C)c1. The first-order chi connectivity index (χ1) is 10.5. The molecule has 2 atom stereocenters. The molecular weight excluding hydrogens is 278 g/mol. The number of hydrazine groups is 1. The lowest BCUT2D eigenvalue weighted by Gasteiger charge is -2.31. The van der Waals surface area contributed by atoms with Crippen molar-refractivity contribution < 1.29 is 9.47 Å². The number of benzene rings is 1. The van der Waals surface area contributed by atoms with Gasteiger partial charge >= 0.3 is 0 Å². The Hall–Kier alpha value is -1.30. The zero-order valence-corrected chi connectivity index (χ0v) is 14.3. The van der Waals surface area contributed by atoms with Crippen LogP contribution in [-0.2, 0) is 6.54 Å². The lowest BCUT2D eigenvalue weighted by atomic mass is 9.80. The average Bonchev–Trinajstić information content (AvgIpc) is 2.95. The van der Waals surface area contributed by atoms with Gasteiger partial charge in [-0.25, -0.2) is 0 Å². The molecule has 124 valence electrons. The Balaban J connectivity index is 1.93. The molecular formula is C17H29N3O2. The zero-order valence-electron chi connectivity index (χ0n) is 14.3. The van der Waals surface area contributed by atoms with Gasteiger partial charge in [0.2, 0.25) is 0 Å². The summed E-state index contributed by atoms with van der Waals surface area (Å²) < 4.78 is 10.7. The van der Waals surface area contributed by atoms with E-state index in [0.717, 1.165) is 36.7 Å². The molecule has 1 aliphatic rings. The van der Waals surface area contributed by atoms with Crippen LogP contribution in [0.5, 0.6) is 11.5 Å². The summed E-state index contributed by atoms with van der Waals surface area (Å²) in [7, 11) is 3.38. The van der Waals surface area contributed by atoms with Gasteiger partial charge in [-0.2, -0.15) is 0 Å². The predicted octanol–water partition coefficient (Wildman–Crippen LogP) is 1.93. The fourth-order valence-electron chi connectivity index (χ4n) is 3.06. The zero-order chi connectivity index (χ0) is 16.2. The van der Waals surface area contributed by atoms with E-state index in [1.807, 2.05) is 18.2 Å². The molecule has 2 unspecified atom stereocenters. The summed E-state index contributed by atoms with van der Waals surface area (Å²) in [4.78, 5) is 0. The molecule has 0 aromatic heterocycles. The van der Waals surface area contributed by atoms with Crippen molar-refractivity contribution in [1.82, 2.24) is 16.2 Å². The van der Waals surface area contributed by atoms with Crippen molar-refractivity contribution in [2.45, 2.75) is 33.4 Å². The topological polar surface area (TPSA) is 54.6 Å². The lowest BCUT2D eigenvalue weighted by Crippen LogP contribution is -2.44. The predicted molar refractivity (Wildman–Crippen MR) is 89.1 cm³/mol. The van der Waals surface area contributed by atoms with Gasteiger partial charge in [-0.15, -0.1) is 0 Å². The quantitative estimate of drug-likeness (QED) is 0.750. The summed E-state index contributed by atoms with van der Waals surface area (Å²) in [6.07, 6.45) is 0. The molecule has 2 rings (SSSR count). The maximum Gasteiger partial charge on any atom is 0.123 e. The number of ether oxygens (including phenoxy) is 2. The lowest BCUT2D eigenvalue weighted by molar-refractivity contribution is 0.235. The van der Waals surface area contributed by atoms with Crippen LogP contribution in [0.1, 0.15) is 26.3 Å². The van der Waals surface area contributed by atoms with Gasteiger partial charge in [0.05, 0.1) is 14.2 Å². The van der Waals surface area contributed by atoms with Crippen LogP contribution in [0, 0.1) is 11.3 Å². The summed E-state index contributed by atoms with van der Waals surface area (Å²) in [5.41, 5.74) is 8.04. The summed E-state index contributed by atoms with van der Waals surface area (Å²) in [5, 5.41) is 3.56. The molecule has 0 bridgehead atoms. The van der Waals surface area contributed by atoms with Gasteiger partial charge in [0, 0.05) is 37.2 Å². The van der Waals surface area contributed by atoms with Crippen molar-refractivity contribution >= 4 is 0 Å². The minimum Gasteiger partial charge on any atom is -0.497 e. The van der Waals surface area contributed by atoms with Gasteiger partial charge in [-0.05, 0) is 23.6 Å².